The van der Waals surface area contributed by atoms with Crippen LogP contribution in [0.2, 0.25) is 0 Å². The van der Waals surface area contributed by atoms with Gasteiger partial charge in [0.05, 0.1) is 13.0 Å². The molecule has 1 aromatic carbocycles. The van der Waals surface area contributed by atoms with E-state index in [0.717, 1.165) is 12.0 Å². The number of ether oxygens (including phenoxy) is 1. The molecule has 0 aromatic heterocycles. The summed E-state index contributed by atoms with van der Waals surface area (Å²) in [6.45, 7) is 3.17. The Morgan fingerprint density at radius 2 is 2.05 bits per heavy atom. The van der Waals surface area contributed by atoms with E-state index in [1.165, 1.54) is 12.7 Å². The lowest BCUT2D eigenvalue weighted by atomic mass is 10.1. The first-order valence-electron chi connectivity index (χ1n) is 7.27. The van der Waals surface area contributed by atoms with Gasteiger partial charge in [0.2, 0.25) is 5.91 Å². The molecule has 1 fully saturated rings. The van der Waals surface area contributed by atoms with Crippen LogP contribution < -0.4 is 0 Å². The van der Waals surface area contributed by atoms with Crippen molar-refractivity contribution in [1.82, 2.24) is 4.90 Å². The van der Waals surface area contributed by atoms with E-state index in [-0.39, 0.29) is 17.8 Å². The van der Waals surface area contributed by atoms with E-state index in [1.54, 1.807) is 11.0 Å². The van der Waals surface area contributed by atoms with Gasteiger partial charge in [-0.25, -0.2) is 0 Å². The average molecular weight is 287 g/mol. The van der Waals surface area contributed by atoms with Gasteiger partial charge in [-0.05, 0) is 30.0 Å². The molecule has 0 spiro atoms. The van der Waals surface area contributed by atoms with Crippen molar-refractivity contribution >= 4 is 18.0 Å². The molecule has 0 bridgehead atoms. The van der Waals surface area contributed by atoms with Gasteiger partial charge in [0.25, 0.3) is 0 Å². The number of rotatable bonds is 4. The summed E-state index contributed by atoms with van der Waals surface area (Å²) in [5.74, 6) is -0.471. The van der Waals surface area contributed by atoms with Crippen LogP contribution in [0.15, 0.2) is 30.3 Å². The Morgan fingerprint density at radius 3 is 2.67 bits per heavy atom. The summed E-state index contributed by atoms with van der Waals surface area (Å²) in [4.78, 5) is 25.2. The number of likely N-dealkylation sites (tertiary alicyclic amines) is 1. The van der Waals surface area contributed by atoms with Crippen LogP contribution >= 0.6 is 0 Å². The summed E-state index contributed by atoms with van der Waals surface area (Å²) < 4.78 is 4.72. The quantitative estimate of drug-likeness (QED) is 0.630. The zero-order valence-corrected chi connectivity index (χ0v) is 12.5. The number of methoxy groups -OCH3 is 1. The SMILES string of the molecule is CCc1ccc(/C=C/C(=O)N2CCC(C(=O)OC)C2)cc1. The Hall–Kier alpha value is -2.10. The van der Waals surface area contributed by atoms with Crippen molar-refractivity contribution in [3.63, 3.8) is 0 Å². The Bertz CT molecular complexity index is 533. The van der Waals surface area contributed by atoms with Crippen LogP contribution in [0.4, 0.5) is 0 Å². The third-order valence-electron chi connectivity index (χ3n) is 3.84. The van der Waals surface area contributed by atoms with E-state index in [0.29, 0.717) is 19.5 Å². The van der Waals surface area contributed by atoms with Gasteiger partial charge in [-0.2, -0.15) is 0 Å². The normalized spacial score (nSPS) is 18.2. The summed E-state index contributed by atoms with van der Waals surface area (Å²) in [6, 6.07) is 8.13. The summed E-state index contributed by atoms with van der Waals surface area (Å²) in [6.07, 6.45) is 5.07. The molecule has 1 amide bonds. The van der Waals surface area contributed by atoms with Crippen LogP contribution in [0, 0.1) is 5.92 Å². The molecule has 1 unspecified atom stereocenters. The number of hydrogen-bond donors (Lipinski definition) is 0. The second-order valence-corrected chi connectivity index (χ2v) is 5.22. The molecule has 112 valence electrons. The topological polar surface area (TPSA) is 46.6 Å². The van der Waals surface area contributed by atoms with Gasteiger partial charge in [-0.3, -0.25) is 9.59 Å². The number of esters is 1. The molecule has 0 radical (unpaired) electrons. The standard InChI is InChI=1S/C17H21NO3/c1-3-13-4-6-14(7-5-13)8-9-16(19)18-11-10-15(12-18)17(20)21-2/h4-9,15H,3,10-12H2,1-2H3/b9-8+. The number of benzene rings is 1. The largest absolute Gasteiger partial charge is 0.469 e. The molecule has 4 heteroatoms. The van der Waals surface area contributed by atoms with Gasteiger partial charge >= 0.3 is 5.97 Å². The molecule has 1 aromatic rings. The minimum absolute atomic E-state index is 0.0547. The van der Waals surface area contributed by atoms with E-state index in [1.807, 2.05) is 18.2 Å². The Labute approximate surface area is 125 Å². The van der Waals surface area contributed by atoms with Crippen LogP contribution in [0.25, 0.3) is 6.08 Å². The highest BCUT2D eigenvalue weighted by molar-refractivity contribution is 5.92. The zero-order chi connectivity index (χ0) is 15.2. The molecule has 2 rings (SSSR count). The number of carbonyl (C=O) groups excluding carboxylic acids is 2. The molecular formula is C17H21NO3. The maximum Gasteiger partial charge on any atom is 0.310 e. The van der Waals surface area contributed by atoms with Gasteiger partial charge in [0.15, 0.2) is 0 Å². The van der Waals surface area contributed by atoms with Gasteiger partial charge in [-0.15, -0.1) is 0 Å². The Morgan fingerprint density at radius 1 is 1.33 bits per heavy atom. The lowest BCUT2D eigenvalue weighted by Gasteiger charge is -2.13. The predicted octanol–water partition coefficient (Wildman–Crippen LogP) is 2.28. The highest BCUT2D eigenvalue weighted by Crippen LogP contribution is 2.18. The fourth-order valence-electron chi connectivity index (χ4n) is 2.46. The van der Waals surface area contributed by atoms with Crippen molar-refractivity contribution in [3.8, 4) is 0 Å². The molecule has 4 nitrogen and oxygen atoms in total. The third kappa shape index (κ3) is 3.94. The van der Waals surface area contributed by atoms with Gasteiger partial charge in [0.1, 0.15) is 0 Å². The monoisotopic (exact) mass is 287 g/mol. The molecular weight excluding hydrogens is 266 g/mol. The van der Waals surface area contributed by atoms with Crippen molar-refractivity contribution in [2.45, 2.75) is 19.8 Å². The first-order valence-corrected chi connectivity index (χ1v) is 7.27. The lowest BCUT2D eigenvalue weighted by Crippen LogP contribution is -2.28. The summed E-state index contributed by atoms with van der Waals surface area (Å²) in [5.41, 5.74) is 2.28. The minimum Gasteiger partial charge on any atom is -0.469 e. The van der Waals surface area contributed by atoms with Crippen molar-refractivity contribution in [3.05, 3.63) is 41.5 Å². The first kappa shape index (κ1) is 15.3. The molecule has 1 saturated heterocycles. The lowest BCUT2D eigenvalue weighted by molar-refractivity contribution is -0.145. The second-order valence-electron chi connectivity index (χ2n) is 5.22. The Kier molecular flexibility index (Phi) is 5.14. The van der Waals surface area contributed by atoms with Crippen molar-refractivity contribution < 1.29 is 14.3 Å². The number of carbonyl (C=O) groups is 2. The van der Waals surface area contributed by atoms with Crippen molar-refractivity contribution in [2.24, 2.45) is 5.92 Å². The highest BCUT2D eigenvalue weighted by atomic mass is 16.5. The van der Waals surface area contributed by atoms with E-state index < -0.39 is 0 Å². The highest BCUT2D eigenvalue weighted by Gasteiger charge is 2.30. The average Bonchev–Trinajstić information content (AvgIpc) is 3.02. The fourth-order valence-corrected chi connectivity index (χ4v) is 2.46. The van der Waals surface area contributed by atoms with Crippen LogP contribution in [0.5, 0.6) is 0 Å². The molecule has 1 aliphatic heterocycles. The molecule has 1 heterocycles. The van der Waals surface area contributed by atoms with E-state index in [4.69, 9.17) is 4.74 Å². The summed E-state index contributed by atoms with van der Waals surface area (Å²) >= 11 is 0. The zero-order valence-electron chi connectivity index (χ0n) is 12.5. The number of nitrogens with zero attached hydrogens (tertiary/aromatic N) is 1. The minimum atomic E-state index is -0.232. The van der Waals surface area contributed by atoms with E-state index >= 15 is 0 Å². The van der Waals surface area contributed by atoms with Crippen LogP contribution in [-0.4, -0.2) is 37.0 Å². The van der Waals surface area contributed by atoms with E-state index in [9.17, 15) is 9.59 Å². The van der Waals surface area contributed by atoms with E-state index in [2.05, 4.69) is 19.1 Å². The molecule has 1 atom stereocenters. The van der Waals surface area contributed by atoms with Gasteiger partial charge in [0, 0.05) is 19.2 Å². The number of hydrogen-bond acceptors (Lipinski definition) is 3. The van der Waals surface area contributed by atoms with Crippen LogP contribution in [-0.2, 0) is 20.7 Å². The molecule has 0 saturated carbocycles. The maximum atomic E-state index is 12.1. The number of aryl methyl sites for hydroxylation is 1. The molecule has 0 N–H and O–H groups in total. The maximum absolute atomic E-state index is 12.1. The smallest absolute Gasteiger partial charge is 0.310 e. The van der Waals surface area contributed by atoms with Gasteiger partial charge < -0.3 is 9.64 Å². The van der Waals surface area contributed by atoms with Crippen molar-refractivity contribution in [2.75, 3.05) is 20.2 Å². The second kappa shape index (κ2) is 7.07. The van der Waals surface area contributed by atoms with Crippen LogP contribution in [0.3, 0.4) is 0 Å². The van der Waals surface area contributed by atoms with Crippen LogP contribution in [0.1, 0.15) is 24.5 Å². The molecule has 1 aliphatic rings. The molecule has 21 heavy (non-hydrogen) atoms. The summed E-state index contributed by atoms with van der Waals surface area (Å²) in [5, 5.41) is 0. The third-order valence-corrected chi connectivity index (χ3v) is 3.84. The predicted molar refractivity (Wildman–Crippen MR) is 81.6 cm³/mol. The van der Waals surface area contributed by atoms with Crippen molar-refractivity contribution in [1.29, 1.82) is 0 Å². The van der Waals surface area contributed by atoms with Gasteiger partial charge in [-0.1, -0.05) is 31.2 Å². The molecule has 0 aliphatic carbocycles. The summed E-state index contributed by atoms with van der Waals surface area (Å²) in [7, 11) is 1.38. The number of amides is 1. The first-order chi connectivity index (χ1) is 10.1. The Balaban J connectivity index is 1.92. The fraction of sp³-hybridized carbons (Fsp3) is 0.412.